The maximum Gasteiger partial charge on any atom is 0.490 e. The molecule has 0 bridgehead atoms. The molecule has 206 valence electrons. The van der Waals surface area contributed by atoms with Crippen molar-refractivity contribution in [3.05, 3.63) is 64.7 Å². The Hall–Kier alpha value is -3.11. The summed E-state index contributed by atoms with van der Waals surface area (Å²) >= 11 is 5.97. The molecule has 7 nitrogen and oxygen atoms in total. The van der Waals surface area contributed by atoms with E-state index < -0.39 is 12.1 Å². The summed E-state index contributed by atoms with van der Waals surface area (Å²) in [5.74, 6) is -2.44. The lowest BCUT2D eigenvalue weighted by Crippen LogP contribution is -2.45. The van der Waals surface area contributed by atoms with Crippen molar-refractivity contribution < 1.29 is 32.7 Å². The number of nitrogens with zero attached hydrogens (tertiary/aromatic N) is 3. The van der Waals surface area contributed by atoms with E-state index in [9.17, 15) is 22.8 Å². The van der Waals surface area contributed by atoms with E-state index in [1.54, 1.807) is 29.2 Å². The highest BCUT2D eigenvalue weighted by Gasteiger charge is 2.38. The van der Waals surface area contributed by atoms with E-state index in [1.807, 2.05) is 29.2 Å². The summed E-state index contributed by atoms with van der Waals surface area (Å²) < 4.78 is 31.7. The zero-order chi connectivity index (χ0) is 28.0. The quantitative estimate of drug-likeness (QED) is 0.571. The second-order valence-electron chi connectivity index (χ2n) is 9.68. The zero-order valence-corrected chi connectivity index (χ0v) is 22.0. The van der Waals surface area contributed by atoms with Crippen molar-refractivity contribution in [1.29, 1.82) is 0 Å². The van der Waals surface area contributed by atoms with Crippen LogP contribution in [0.5, 0.6) is 0 Å². The Morgan fingerprint density at radius 3 is 2.16 bits per heavy atom. The van der Waals surface area contributed by atoms with Gasteiger partial charge in [-0.1, -0.05) is 29.8 Å². The molecule has 0 unspecified atom stereocenters. The first-order chi connectivity index (χ1) is 17.9. The van der Waals surface area contributed by atoms with Gasteiger partial charge in [0, 0.05) is 35.4 Å². The lowest BCUT2D eigenvalue weighted by molar-refractivity contribution is -0.192. The van der Waals surface area contributed by atoms with E-state index in [0.717, 1.165) is 37.2 Å². The Bertz CT molecular complexity index is 1130. The van der Waals surface area contributed by atoms with Gasteiger partial charge < -0.3 is 19.8 Å². The number of alkyl halides is 3. The van der Waals surface area contributed by atoms with Gasteiger partial charge in [-0.25, -0.2) is 4.79 Å². The van der Waals surface area contributed by atoms with Crippen LogP contribution in [-0.4, -0.2) is 71.1 Å². The van der Waals surface area contributed by atoms with Crippen molar-refractivity contribution in [1.82, 2.24) is 9.80 Å². The topological polar surface area (TPSA) is 81.2 Å². The number of halogens is 4. The normalized spacial score (nSPS) is 17.0. The second kappa shape index (κ2) is 12.6. The summed E-state index contributed by atoms with van der Waals surface area (Å²) in [6.07, 6.45) is -2.89. The minimum Gasteiger partial charge on any atom is -0.475 e. The first-order valence-electron chi connectivity index (χ1n) is 12.3. The molecule has 2 amide bonds. The SMILES string of the molecule is CC(C)N1CCC(CN2C(=O)CN(C(=O)c3ccc(Cl)cc3)Cc3ccccc32)CC1.O=C(O)C(F)(F)F. The number of carbonyl (C=O) groups is 3. The van der Waals surface area contributed by atoms with Gasteiger partial charge in [-0.05, 0) is 81.6 Å². The molecular formula is C27H31ClF3N3O4. The first kappa shape index (κ1) is 29.4. The average Bonchev–Trinajstić information content (AvgIpc) is 3.00. The van der Waals surface area contributed by atoms with E-state index in [1.165, 1.54) is 0 Å². The summed E-state index contributed by atoms with van der Waals surface area (Å²) in [5, 5.41) is 7.71. The molecule has 2 aliphatic rings. The highest BCUT2D eigenvalue weighted by Crippen LogP contribution is 2.29. The zero-order valence-electron chi connectivity index (χ0n) is 21.2. The number of aliphatic carboxylic acids is 1. The molecule has 0 saturated carbocycles. The number of hydrogen-bond donors (Lipinski definition) is 1. The van der Waals surface area contributed by atoms with Crippen LogP contribution in [-0.2, 0) is 16.1 Å². The number of hydrogen-bond acceptors (Lipinski definition) is 4. The standard InChI is InChI=1S/C25H30ClN3O2.C2HF3O2/c1-18(2)27-13-11-19(12-14-27)15-29-23-6-4-3-5-21(23)16-28(17-24(29)30)25(31)20-7-9-22(26)10-8-20;3-2(4,5)1(6)7/h3-10,18-19H,11-17H2,1-2H3;(H,6,7). The van der Waals surface area contributed by atoms with Crippen molar-refractivity contribution in [3.8, 4) is 0 Å². The predicted octanol–water partition coefficient (Wildman–Crippen LogP) is 5.08. The van der Waals surface area contributed by atoms with Crippen molar-refractivity contribution >= 4 is 35.1 Å². The number of carboxylic acids is 1. The predicted molar refractivity (Wildman–Crippen MR) is 138 cm³/mol. The highest BCUT2D eigenvalue weighted by molar-refractivity contribution is 6.30. The minimum atomic E-state index is -5.08. The van der Waals surface area contributed by atoms with Crippen LogP contribution >= 0.6 is 11.6 Å². The van der Waals surface area contributed by atoms with Gasteiger partial charge >= 0.3 is 12.1 Å². The third-order valence-corrected chi connectivity index (χ3v) is 6.96. The fourth-order valence-corrected chi connectivity index (χ4v) is 4.71. The molecule has 0 aromatic heterocycles. The van der Waals surface area contributed by atoms with E-state index in [2.05, 4.69) is 18.7 Å². The molecule has 11 heteroatoms. The maximum absolute atomic E-state index is 13.3. The number of anilines is 1. The number of carboxylic acid groups (broad SMARTS) is 1. The third-order valence-electron chi connectivity index (χ3n) is 6.71. The monoisotopic (exact) mass is 553 g/mol. The van der Waals surface area contributed by atoms with Crippen LogP contribution in [0.2, 0.25) is 5.02 Å². The molecular weight excluding hydrogens is 523 g/mol. The van der Waals surface area contributed by atoms with Gasteiger partial charge in [0.25, 0.3) is 5.91 Å². The van der Waals surface area contributed by atoms with E-state index >= 15 is 0 Å². The lowest BCUT2D eigenvalue weighted by atomic mass is 9.95. The molecule has 2 aromatic carbocycles. The van der Waals surface area contributed by atoms with Crippen LogP contribution in [0.1, 0.15) is 42.6 Å². The largest absolute Gasteiger partial charge is 0.490 e. The molecule has 0 aliphatic carbocycles. The van der Waals surface area contributed by atoms with Crippen molar-refractivity contribution in [2.45, 2.75) is 45.5 Å². The summed E-state index contributed by atoms with van der Waals surface area (Å²) in [7, 11) is 0. The van der Waals surface area contributed by atoms with Crippen LogP contribution in [0.25, 0.3) is 0 Å². The molecule has 2 heterocycles. The van der Waals surface area contributed by atoms with Crippen LogP contribution in [0.4, 0.5) is 18.9 Å². The van der Waals surface area contributed by atoms with Gasteiger partial charge in [0.2, 0.25) is 5.91 Å². The summed E-state index contributed by atoms with van der Waals surface area (Å²) in [6.45, 7) is 7.85. The number of piperidine rings is 1. The van der Waals surface area contributed by atoms with Gasteiger partial charge in [-0.15, -0.1) is 0 Å². The van der Waals surface area contributed by atoms with Crippen LogP contribution in [0.15, 0.2) is 48.5 Å². The van der Waals surface area contributed by atoms with E-state index in [4.69, 9.17) is 21.5 Å². The summed E-state index contributed by atoms with van der Waals surface area (Å²) in [6, 6.07) is 15.4. The number of para-hydroxylation sites is 1. The Morgan fingerprint density at radius 1 is 1.03 bits per heavy atom. The molecule has 2 aromatic rings. The number of amides is 2. The number of benzene rings is 2. The third kappa shape index (κ3) is 7.70. The fraction of sp³-hybridized carbons (Fsp3) is 0.444. The van der Waals surface area contributed by atoms with Crippen molar-refractivity contribution in [2.24, 2.45) is 5.92 Å². The van der Waals surface area contributed by atoms with Crippen molar-refractivity contribution in [2.75, 3.05) is 31.1 Å². The van der Waals surface area contributed by atoms with Gasteiger partial charge in [0.05, 0.1) is 0 Å². The molecule has 0 radical (unpaired) electrons. The van der Waals surface area contributed by atoms with Gasteiger partial charge in [-0.2, -0.15) is 13.2 Å². The number of likely N-dealkylation sites (tertiary alicyclic amines) is 1. The Kier molecular flexibility index (Phi) is 9.78. The molecule has 4 rings (SSSR count). The minimum absolute atomic E-state index is 0.0152. The maximum atomic E-state index is 13.3. The highest BCUT2D eigenvalue weighted by atomic mass is 35.5. The number of rotatable bonds is 4. The smallest absolute Gasteiger partial charge is 0.475 e. The molecule has 38 heavy (non-hydrogen) atoms. The Morgan fingerprint density at radius 2 is 1.61 bits per heavy atom. The second-order valence-corrected chi connectivity index (χ2v) is 10.1. The molecule has 2 aliphatic heterocycles. The van der Waals surface area contributed by atoms with Crippen molar-refractivity contribution in [3.63, 3.8) is 0 Å². The van der Waals surface area contributed by atoms with Gasteiger partial charge in [0.15, 0.2) is 0 Å². The Labute approximate surface area is 224 Å². The Balaban J connectivity index is 0.000000505. The summed E-state index contributed by atoms with van der Waals surface area (Å²) in [4.78, 5) is 41.4. The average molecular weight is 554 g/mol. The lowest BCUT2D eigenvalue weighted by Gasteiger charge is -2.36. The van der Waals surface area contributed by atoms with Crippen LogP contribution < -0.4 is 4.90 Å². The van der Waals surface area contributed by atoms with Crippen LogP contribution in [0.3, 0.4) is 0 Å². The summed E-state index contributed by atoms with van der Waals surface area (Å²) in [5.41, 5.74) is 2.49. The van der Waals surface area contributed by atoms with Gasteiger partial charge in [-0.3, -0.25) is 9.59 Å². The van der Waals surface area contributed by atoms with E-state index in [0.29, 0.717) is 35.6 Å². The molecule has 0 spiro atoms. The molecule has 1 N–H and O–H groups in total. The molecule has 1 saturated heterocycles. The van der Waals surface area contributed by atoms with Gasteiger partial charge in [0.1, 0.15) is 6.54 Å². The number of carbonyl (C=O) groups excluding carboxylic acids is 2. The van der Waals surface area contributed by atoms with Crippen LogP contribution in [0, 0.1) is 5.92 Å². The molecule has 1 fully saturated rings. The van der Waals surface area contributed by atoms with E-state index in [-0.39, 0.29) is 18.4 Å². The number of fused-ring (bicyclic) bond motifs is 1. The fourth-order valence-electron chi connectivity index (χ4n) is 4.58. The first-order valence-corrected chi connectivity index (χ1v) is 12.7. The molecule has 0 atom stereocenters.